The molecule has 4 rings (SSSR count). The summed E-state index contributed by atoms with van der Waals surface area (Å²) >= 11 is 6.27. The van der Waals surface area contributed by atoms with Crippen LogP contribution in [0.1, 0.15) is 69.4 Å². The second-order valence-corrected chi connectivity index (χ2v) is 9.89. The van der Waals surface area contributed by atoms with Crippen molar-refractivity contribution in [3.63, 3.8) is 0 Å². The lowest BCUT2D eigenvalue weighted by Gasteiger charge is -2.26. The van der Waals surface area contributed by atoms with Crippen molar-refractivity contribution in [2.24, 2.45) is 0 Å². The van der Waals surface area contributed by atoms with Crippen LogP contribution in [0.2, 0.25) is 5.15 Å². The Labute approximate surface area is 220 Å². The van der Waals surface area contributed by atoms with Gasteiger partial charge in [0.05, 0.1) is 18.4 Å². The van der Waals surface area contributed by atoms with Crippen LogP contribution >= 0.6 is 11.6 Å². The van der Waals surface area contributed by atoms with Gasteiger partial charge in [-0.2, -0.15) is 5.10 Å². The number of amides is 2. The maximum absolute atomic E-state index is 13.9. The molecule has 0 bridgehead atoms. The van der Waals surface area contributed by atoms with E-state index in [1.165, 1.54) is 16.8 Å². The summed E-state index contributed by atoms with van der Waals surface area (Å²) in [6.45, 7) is 6.80. The Balaban J connectivity index is 0.00000380. The van der Waals surface area contributed by atoms with Crippen molar-refractivity contribution < 1.29 is 18.7 Å². The molecule has 1 fully saturated rings. The van der Waals surface area contributed by atoms with Gasteiger partial charge in [-0.25, -0.2) is 23.7 Å². The average molecular weight is 534 g/mol. The van der Waals surface area contributed by atoms with E-state index < -0.39 is 17.5 Å². The number of pyridine rings is 1. The molecule has 0 aromatic carbocycles. The van der Waals surface area contributed by atoms with Crippen LogP contribution in [0.4, 0.5) is 15.0 Å². The maximum Gasteiger partial charge on any atom is 0.407 e. The lowest BCUT2D eigenvalue weighted by atomic mass is 10.1. The van der Waals surface area contributed by atoms with Crippen molar-refractivity contribution in [3.8, 4) is 0 Å². The summed E-state index contributed by atoms with van der Waals surface area (Å²) in [5, 5.41) is 9.98. The molecule has 3 aromatic rings. The summed E-state index contributed by atoms with van der Waals surface area (Å²) in [4.78, 5) is 35.2. The van der Waals surface area contributed by atoms with Gasteiger partial charge in [0.1, 0.15) is 28.0 Å². The number of alkyl carbamates (subject to hydrolysis) is 1. The third-order valence-electron chi connectivity index (χ3n) is 5.65. The number of ether oxygens (including phenoxy) is 1. The smallest absolute Gasteiger partial charge is 0.407 e. The molecule has 0 unspecified atom stereocenters. The predicted octanol–water partition coefficient (Wildman–Crippen LogP) is 4.54. The van der Waals surface area contributed by atoms with Gasteiger partial charge in [-0.15, -0.1) is 0 Å². The summed E-state index contributed by atoms with van der Waals surface area (Å²) in [7, 11) is 0. The van der Waals surface area contributed by atoms with Crippen LogP contribution in [0.25, 0.3) is 5.65 Å². The number of nitrogens with zero attached hydrogens (tertiary/aromatic N) is 5. The Kier molecular flexibility index (Phi) is 8.90. The summed E-state index contributed by atoms with van der Waals surface area (Å²) < 4.78 is 20.6. The Morgan fingerprint density at radius 3 is 2.76 bits per heavy atom. The highest BCUT2D eigenvalue weighted by Gasteiger charge is 2.30. The first kappa shape index (κ1) is 28.1. The Morgan fingerprint density at radius 1 is 1.24 bits per heavy atom. The lowest BCUT2D eigenvalue weighted by molar-refractivity contribution is 0.0527. The van der Waals surface area contributed by atoms with Gasteiger partial charge < -0.3 is 20.3 Å². The zero-order chi connectivity index (χ0) is 25.9. The van der Waals surface area contributed by atoms with Gasteiger partial charge in [-0.1, -0.05) is 19.0 Å². The standard InChI is InChI=1S/C24H29ClFN7O3.CH4/c1-24(2,3)36-23(35)28-9-5-8-27-22(34)17-14-30-33-11-7-19(31-21(17)33)32-10-4-6-18(32)16-12-15(26)13-29-20(16)25;/h7,11-14,18H,4-6,8-10H2,1-3H3,(H,27,34)(H,28,35);1H4/t18-;/m1./s1. The second kappa shape index (κ2) is 11.7. The number of aromatic nitrogens is 4. The zero-order valence-corrected chi connectivity index (χ0v) is 21.2. The van der Waals surface area contributed by atoms with Crippen molar-refractivity contribution in [2.75, 3.05) is 24.5 Å². The summed E-state index contributed by atoms with van der Waals surface area (Å²) in [6.07, 6.45) is 6.00. The minimum Gasteiger partial charge on any atom is -0.444 e. The molecule has 200 valence electrons. The number of anilines is 1. The zero-order valence-electron chi connectivity index (χ0n) is 20.4. The molecule has 2 N–H and O–H groups in total. The summed E-state index contributed by atoms with van der Waals surface area (Å²) in [6, 6.07) is 3.04. The molecule has 4 heterocycles. The SMILES string of the molecule is C.CC(C)(C)OC(=O)NCCCNC(=O)c1cnn2ccc(N3CCC[C@@H]3c3cc(F)cnc3Cl)nc12. The van der Waals surface area contributed by atoms with Crippen LogP contribution < -0.4 is 15.5 Å². The highest BCUT2D eigenvalue weighted by molar-refractivity contribution is 6.30. The normalized spacial score (nSPS) is 15.4. The predicted molar refractivity (Wildman–Crippen MR) is 139 cm³/mol. The molecule has 12 heteroatoms. The van der Waals surface area contributed by atoms with E-state index in [0.29, 0.717) is 48.6 Å². The van der Waals surface area contributed by atoms with Crippen molar-refractivity contribution >= 4 is 35.1 Å². The molecule has 10 nitrogen and oxygen atoms in total. The molecule has 1 aliphatic rings. The van der Waals surface area contributed by atoms with Crippen molar-refractivity contribution in [2.45, 2.75) is 59.1 Å². The molecular weight excluding hydrogens is 501 g/mol. The first-order chi connectivity index (χ1) is 17.1. The Bertz CT molecular complexity index is 1260. The van der Waals surface area contributed by atoms with E-state index in [4.69, 9.17) is 21.3 Å². The second-order valence-electron chi connectivity index (χ2n) is 9.54. The monoisotopic (exact) mass is 533 g/mol. The van der Waals surface area contributed by atoms with Crippen LogP contribution in [-0.2, 0) is 4.74 Å². The van der Waals surface area contributed by atoms with Crippen molar-refractivity contribution in [1.82, 2.24) is 30.2 Å². The molecule has 0 aliphatic carbocycles. The topological polar surface area (TPSA) is 114 Å². The number of hydrogen-bond donors (Lipinski definition) is 2. The van der Waals surface area contributed by atoms with Gasteiger partial charge in [0.15, 0.2) is 5.65 Å². The molecule has 0 spiro atoms. The Hall–Kier alpha value is -3.47. The number of halogens is 2. The van der Waals surface area contributed by atoms with Gasteiger partial charge in [-0.3, -0.25) is 4.79 Å². The van der Waals surface area contributed by atoms with E-state index in [1.54, 1.807) is 27.0 Å². The minimum atomic E-state index is -0.566. The van der Waals surface area contributed by atoms with Gasteiger partial charge >= 0.3 is 6.09 Å². The Morgan fingerprint density at radius 2 is 2.00 bits per heavy atom. The number of hydrogen-bond acceptors (Lipinski definition) is 7. The molecular formula is C25H33ClFN7O3. The van der Waals surface area contributed by atoms with E-state index >= 15 is 0 Å². The molecule has 0 saturated carbocycles. The molecule has 3 aromatic heterocycles. The van der Waals surface area contributed by atoms with Crippen LogP contribution in [0.5, 0.6) is 0 Å². The van der Waals surface area contributed by atoms with E-state index in [9.17, 15) is 14.0 Å². The summed E-state index contributed by atoms with van der Waals surface area (Å²) in [5.41, 5.74) is 0.787. The van der Waals surface area contributed by atoms with Crippen molar-refractivity contribution in [3.05, 3.63) is 52.8 Å². The van der Waals surface area contributed by atoms with Crippen LogP contribution in [0.15, 0.2) is 30.7 Å². The average Bonchev–Trinajstić information content (AvgIpc) is 3.46. The van der Waals surface area contributed by atoms with Crippen LogP contribution in [-0.4, -0.2) is 56.8 Å². The molecule has 1 saturated heterocycles. The first-order valence-corrected chi connectivity index (χ1v) is 12.2. The lowest BCUT2D eigenvalue weighted by Crippen LogP contribution is -2.34. The van der Waals surface area contributed by atoms with Crippen LogP contribution in [0, 0.1) is 5.82 Å². The van der Waals surface area contributed by atoms with E-state index in [-0.39, 0.29) is 24.5 Å². The van der Waals surface area contributed by atoms with Crippen molar-refractivity contribution in [1.29, 1.82) is 0 Å². The molecule has 2 amide bonds. The molecule has 37 heavy (non-hydrogen) atoms. The number of rotatable bonds is 7. The quantitative estimate of drug-likeness (QED) is 0.338. The van der Waals surface area contributed by atoms with Gasteiger partial charge in [0, 0.05) is 31.4 Å². The fraction of sp³-hybridized carbons (Fsp3) is 0.480. The van der Waals surface area contributed by atoms with Crippen LogP contribution in [0.3, 0.4) is 0 Å². The van der Waals surface area contributed by atoms with E-state index in [1.807, 2.05) is 11.0 Å². The van der Waals surface area contributed by atoms with Gasteiger partial charge in [-0.05, 0) is 52.2 Å². The molecule has 0 radical (unpaired) electrons. The number of nitrogens with one attached hydrogen (secondary N) is 2. The fourth-order valence-corrected chi connectivity index (χ4v) is 4.34. The third kappa shape index (κ3) is 6.85. The molecule has 1 atom stereocenters. The molecule has 1 aliphatic heterocycles. The number of carbonyl (C=O) groups is 2. The number of carbonyl (C=O) groups excluding carboxylic acids is 2. The van der Waals surface area contributed by atoms with E-state index in [2.05, 4.69) is 20.7 Å². The van der Waals surface area contributed by atoms with E-state index in [0.717, 1.165) is 19.0 Å². The highest BCUT2D eigenvalue weighted by atomic mass is 35.5. The number of fused-ring (bicyclic) bond motifs is 1. The first-order valence-electron chi connectivity index (χ1n) is 11.8. The largest absolute Gasteiger partial charge is 0.444 e. The highest BCUT2D eigenvalue weighted by Crippen LogP contribution is 2.38. The fourth-order valence-electron chi connectivity index (χ4n) is 4.11. The van der Waals surface area contributed by atoms with Gasteiger partial charge in [0.25, 0.3) is 5.91 Å². The van der Waals surface area contributed by atoms with Gasteiger partial charge in [0.2, 0.25) is 0 Å². The summed E-state index contributed by atoms with van der Waals surface area (Å²) in [5.74, 6) is -0.121. The third-order valence-corrected chi connectivity index (χ3v) is 5.96. The maximum atomic E-state index is 13.9. The minimum absolute atomic E-state index is 0.